The highest BCUT2D eigenvalue weighted by Crippen LogP contribution is 2.21. The number of nitrogens with one attached hydrogen (secondary N) is 1. The SMILES string of the molecule is N=CC(O)c1c[c]ccc1O. The molecule has 0 fully saturated rings. The van der Waals surface area contributed by atoms with E-state index in [-0.39, 0.29) is 5.75 Å². The summed E-state index contributed by atoms with van der Waals surface area (Å²) in [4.78, 5) is 0. The number of aliphatic hydroxyl groups excluding tert-OH is 1. The van der Waals surface area contributed by atoms with E-state index in [1.165, 1.54) is 18.2 Å². The third-order valence-electron chi connectivity index (χ3n) is 1.35. The van der Waals surface area contributed by atoms with Gasteiger partial charge in [0.05, 0.1) is 0 Å². The van der Waals surface area contributed by atoms with Crippen LogP contribution in [0.5, 0.6) is 5.75 Å². The standard InChI is InChI=1S/C8H8NO2/c9-5-8(11)6-3-1-2-4-7(6)10/h2-5,8-11H. The maximum Gasteiger partial charge on any atom is 0.121 e. The van der Waals surface area contributed by atoms with Crippen molar-refractivity contribution in [2.75, 3.05) is 0 Å². The zero-order valence-electron chi connectivity index (χ0n) is 5.78. The second-order valence-corrected chi connectivity index (χ2v) is 2.10. The summed E-state index contributed by atoms with van der Waals surface area (Å²) in [5.74, 6) is -0.0141. The molecule has 0 saturated heterocycles. The van der Waals surface area contributed by atoms with E-state index in [0.29, 0.717) is 5.56 Å². The minimum Gasteiger partial charge on any atom is -0.508 e. The van der Waals surface area contributed by atoms with Crippen LogP contribution in [0.2, 0.25) is 0 Å². The molecule has 3 nitrogen and oxygen atoms in total. The highest BCUT2D eigenvalue weighted by molar-refractivity contribution is 5.63. The first-order valence-corrected chi connectivity index (χ1v) is 3.13. The van der Waals surface area contributed by atoms with Gasteiger partial charge in [-0.1, -0.05) is 6.07 Å². The van der Waals surface area contributed by atoms with Gasteiger partial charge in [0.2, 0.25) is 0 Å². The van der Waals surface area contributed by atoms with Gasteiger partial charge in [-0.25, -0.2) is 0 Å². The lowest BCUT2D eigenvalue weighted by Gasteiger charge is -2.05. The summed E-state index contributed by atoms with van der Waals surface area (Å²) in [6.07, 6.45) is -0.185. The van der Waals surface area contributed by atoms with Crippen LogP contribution in [0.4, 0.5) is 0 Å². The van der Waals surface area contributed by atoms with Crippen molar-refractivity contribution in [2.24, 2.45) is 0 Å². The Morgan fingerprint density at radius 3 is 2.91 bits per heavy atom. The molecule has 0 amide bonds. The molecular formula is C8H8NO2. The number of benzene rings is 1. The van der Waals surface area contributed by atoms with E-state index >= 15 is 0 Å². The Hall–Kier alpha value is -1.35. The van der Waals surface area contributed by atoms with E-state index in [1.807, 2.05) is 0 Å². The van der Waals surface area contributed by atoms with Gasteiger partial charge in [-0.3, -0.25) is 0 Å². The average molecular weight is 150 g/mol. The van der Waals surface area contributed by atoms with Crippen molar-refractivity contribution in [1.29, 1.82) is 5.41 Å². The Kier molecular flexibility index (Phi) is 2.23. The summed E-state index contributed by atoms with van der Waals surface area (Å²) in [5, 5.41) is 25.0. The lowest BCUT2D eigenvalue weighted by atomic mass is 10.1. The molecule has 1 unspecified atom stereocenters. The third kappa shape index (κ3) is 1.56. The molecule has 0 aliphatic rings. The highest BCUT2D eigenvalue weighted by Gasteiger charge is 2.06. The molecule has 1 aromatic carbocycles. The molecule has 0 heterocycles. The molecule has 0 aromatic heterocycles. The molecule has 1 rings (SSSR count). The van der Waals surface area contributed by atoms with Crippen molar-refractivity contribution in [2.45, 2.75) is 6.10 Å². The quantitative estimate of drug-likeness (QED) is 0.548. The summed E-state index contributed by atoms with van der Waals surface area (Å²) in [6, 6.07) is 7.10. The molecule has 1 atom stereocenters. The summed E-state index contributed by atoms with van der Waals surface area (Å²) in [5.41, 5.74) is 0.308. The van der Waals surface area contributed by atoms with Gasteiger partial charge in [-0.15, -0.1) is 0 Å². The first kappa shape index (κ1) is 7.75. The number of aliphatic hydroxyl groups is 1. The molecule has 1 aromatic rings. The number of rotatable bonds is 2. The summed E-state index contributed by atoms with van der Waals surface area (Å²) < 4.78 is 0. The molecule has 3 N–H and O–H groups in total. The van der Waals surface area contributed by atoms with Gasteiger partial charge in [0.15, 0.2) is 0 Å². The largest absolute Gasteiger partial charge is 0.508 e. The van der Waals surface area contributed by atoms with Gasteiger partial charge >= 0.3 is 0 Å². The fourth-order valence-corrected chi connectivity index (χ4v) is 0.762. The maximum absolute atomic E-state index is 9.13. The monoisotopic (exact) mass is 150 g/mol. The second kappa shape index (κ2) is 3.16. The van der Waals surface area contributed by atoms with Crippen LogP contribution >= 0.6 is 0 Å². The van der Waals surface area contributed by atoms with Crippen LogP contribution in [0.15, 0.2) is 18.2 Å². The third-order valence-corrected chi connectivity index (χ3v) is 1.35. The van der Waals surface area contributed by atoms with Crippen LogP contribution in [-0.2, 0) is 0 Å². The van der Waals surface area contributed by atoms with E-state index in [4.69, 9.17) is 15.6 Å². The van der Waals surface area contributed by atoms with Crippen LogP contribution in [0.1, 0.15) is 11.7 Å². The lowest BCUT2D eigenvalue weighted by molar-refractivity contribution is 0.246. The van der Waals surface area contributed by atoms with Crippen molar-refractivity contribution < 1.29 is 10.2 Å². The molecule has 0 saturated carbocycles. The molecule has 11 heavy (non-hydrogen) atoms. The Morgan fingerprint density at radius 1 is 1.64 bits per heavy atom. The Morgan fingerprint density at radius 2 is 2.36 bits per heavy atom. The molecule has 1 radical (unpaired) electrons. The first-order chi connectivity index (χ1) is 5.25. The molecule has 3 heteroatoms. The van der Waals surface area contributed by atoms with E-state index in [2.05, 4.69) is 6.07 Å². The molecule has 0 bridgehead atoms. The summed E-state index contributed by atoms with van der Waals surface area (Å²) in [7, 11) is 0. The smallest absolute Gasteiger partial charge is 0.121 e. The Labute approximate surface area is 64.4 Å². The van der Waals surface area contributed by atoms with Crippen LogP contribution < -0.4 is 0 Å². The van der Waals surface area contributed by atoms with Gasteiger partial charge in [0.1, 0.15) is 11.9 Å². The number of aromatic hydroxyl groups is 1. The van der Waals surface area contributed by atoms with Crippen LogP contribution in [0.3, 0.4) is 0 Å². The van der Waals surface area contributed by atoms with Crippen LogP contribution in [0, 0.1) is 11.5 Å². The molecular weight excluding hydrogens is 142 g/mol. The highest BCUT2D eigenvalue weighted by atomic mass is 16.3. The number of hydrogen-bond donors (Lipinski definition) is 3. The minimum absolute atomic E-state index is 0.0141. The molecule has 0 spiro atoms. The number of hydrogen-bond acceptors (Lipinski definition) is 3. The van der Waals surface area contributed by atoms with E-state index in [1.54, 1.807) is 0 Å². The molecule has 0 aliphatic heterocycles. The van der Waals surface area contributed by atoms with E-state index < -0.39 is 6.10 Å². The lowest BCUT2D eigenvalue weighted by Crippen LogP contribution is -1.97. The van der Waals surface area contributed by atoms with Gasteiger partial charge in [-0.05, 0) is 18.2 Å². The zero-order valence-corrected chi connectivity index (χ0v) is 5.78. The molecule has 57 valence electrons. The maximum atomic E-state index is 9.13. The Bertz CT molecular complexity index is 260. The zero-order chi connectivity index (χ0) is 8.27. The van der Waals surface area contributed by atoms with Crippen LogP contribution in [0.25, 0.3) is 0 Å². The van der Waals surface area contributed by atoms with Crippen molar-refractivity contribution in [1.82, 2.24) is 0 Å². The topological polar surface area (TPSA) is 64.3 Å². The molecule has 0 aliphatic carbocycles. The Balaban J connectivity index is 3.02. The second-order valence-electron chi connectivity index (χ2n) is 2.10. The van der Waals surface area contributed by atoms with Crippen molar-refractivity contribution in [3.8, 4) is 5.75 Å². The predicted molar refractivity (Wildman–Crippen MR) is 40.7 cm³/mol. The van der Waals surface area contributed by atoms with Gasteiger partial charge in [-0.2, -0.15) is 0 Å². The fourth-order valence-electron chi connectivity index (χ4n) is 0.762. The minimum atomic E-state index is -1.03. The van der Waals surface area contributed by atoms with Gasteiger partial charge in [0, 0.05) is 11.8 Å². The number of phenols is 1. The van der Waals surface area contributed by atoms with E-state index in [0.717, 1.165) is 6.21 Å². The normalized spacial score (nSPS) is 12.5. The summed E-state index contributed by atoms with van der Waals surface area (Å²) >= 11 is 0. The van der Waals surface area contributed by atoms with Gasteiger partial charge in [0.25, 0.3) is 0 Å². The van der Waals surface area contributed by atoms with E-state index in [9.17, 15) is 0 Å². The summed E-state index contributed by atoms with van der Waals surface area (Å²) in [6.45, 7) is 0. The van der Waals surface area contributed by atoms with Crippen molar-refractivity contribution in [3.63, 3.8) is 0 Å². The fraction of sp³-hybridized carbons (Fsp3) is 0.125. The van der Waals surface area contributed by atoms with Crippen molar-refractivity contribution in [3.05, 3.63) is 29.8 Å². The number of phenolic OH excluding ortho intramolecular Hbond substituents is 1. The van der Waals surface area contributed by atoms with Crippen molar-refractivity contribution >= 4 is 6.21 Å². The first-order valence-electron chi connectivity index (χ1n) is 3.13. The van der Waals surface area contributed by atoms with Crippen LogP contribution in [-0.4, -0.2) is 16.4 Å². The average Bonchev–Trinajstić information content (AvgIpc) is 2.04. The predicted octanol–water partition coefficient (Wildman–Crippen LogP) is 0.875. The van der Waals surface area contributed by atoms with Gasteiger partial charge < -0.3 is 15.6 Å².